The van der Waals surface area contributed by atoms with Crippen LogP contribution in [0.15, 0.2) is 24.3 Å². The summed E-state index contributed by atoms with van der Waals surface area (Å²) in [6, 6.07) is 0. The highest BCUT2D eigenvalue weighted by Gasteiger charge is 2.39. The maximum Gasteiger partial charge on any atom is 0.472 e. The van der Waals surface area contributed by atoms with Crippen LogP contribution in [0.1, 0.15) is 136 Å². The van der Waals surface area contributed by atoms with Gasteiger partial charge in [0.2, 0.25) is 0 Å². The fourth-order valence-corrected chi connectivity index (χ4v) is 7.32. The number of phosphoric acid groups is 2. The first-order valence-electron chi connectivity index (χ1n) is 20.5. The van der Waals surface area contributed by atoms with Crippen molar-refractivity contribution < 1.29 is 76.6 Å². The second-order valence-electron chi connectivity index (χ2n) is 15.2. The Morgan fingerprint density at radius 1 is 0.789 bits per heavy atom. The molecule has 16 nitrogen and oxygen atoms in total. The predicted molar refractivity (Wildman–Crippen MR) is 212 cm³/mol. The van der Waals surface area contributed by atoms with Gasteiger partial charge in [-0.05, 0) is 38.0 Å². The molecule has 18 heteroatoms. The lowest BCUT2D eigenvalue weighted by molar-refractivity contribution is -0.161. The van der Waals surface area contributed by atoms with Gasteiger partial charge in [-0.15, -0.1) is 0 Å². The molecule has 0 aliphatic heterocycles. The Kier molecular flexibility index (Phi) is 28.2. The van der Waals surface area contributed by atoms with Crippen molar-refractivity contribution in [2.75, 3.05) is 26.4 Å². The highest BCUT2D eigenvalue weighted by molar-refractivity contribution is 7.47. The van der Waals surface area contributed by atoms with E-state index in [1.54, 1.807) is 12.2 Å². The Morgan fingerprint density at radius 3 is 2.07 bits per heavy atom. The van der Waals surface area contributed by atoms with E-state index >= 15 is 0 Å². The second-order valence-corrected chi connectivity index (χ2v) is 17.9. The molecule has 0 radical (unpaired) electrons. The fourth-order valence-electron chi connectivity index (χ4n) is 6.16. The van der Waals surface area contributed by atoms with Crippen LogP contribution >= 0.6 is 15.6 Å². The van der Waals surface area contributed by atoms with E-state index in [1.165, 1.54) is 19.3 Å². The van der Waals surface area contributed by atoms with E-state index in [2.05, 4.69) is 29.8 Å². The van der Waals surface area contributed by atoms with Crippen molar-refractivity contribution in [3.8, 4) is 0 Å². The number of carbonyl (C=O) groups excluding carboxylic acids is 3. The molecule has 1 fully saturated rings. The second kappa shape index (κ2) is 30.3. The van der Waals surface area contributed by atoms with Crippen LogP contribution in [0.5, 0.6) is 0 Å². The number of carbonyl (C=O) groups is 3. The number of allylic oxidation sites excluding steroid dienone is 2. The molecular weight excluding hydrogens is 786 g/mol. The highest BCUT2D eigenvalue weighted by atomic mass is 31.2. The number of hydrogen-bond donors (Lipinski definition) is 6. The molecule has 7 atom stereocenters. The van der Waals surface area contributed by atoms with E-state index in [1.807, 2.05) is 12.2 Å². The average Bonchev–Trinajstić information content (AvgIpc) is 3.41. The number of unbranched alkanes of at least 4 members (excludes halogenated alkanes) is 9. The molecular formula is C39H70O16P2. The summed E-state index contributed by atoms with van der Waals surface area (Å²) in [5.41, 5.74) is 0. The topological polar surface area (TPSA) is 253 Å². The van der Waals surface area contributed by atoms with Gasteiger partial charge in [0, 0.05) is 31.1 Å². The molecule has 332 valence electrons. The summed E-state index contributed by atoms with van der Waals surface area (Å²) in [4.78, 5) is 65.2. The summed E-state index contributed by atoms with van der Waals surface area (Å²) >= 11 is 0. The highest BCUT2D eigenvalue weighted by Crippen LogP contribution is 2.44. The number of aliphatic hydroxyl groups excluding tert-OH is 3. The molecule has 0 spiro atoms. The van der Waals surface area contributed by atoms with Gasteiger partial charge in [0.05, 0.1) is 32.0 Å². The predicted octanol–water partition coefficient (Wildman–Crippen LogP) is 6.39. The minimum Gasteiger partial charge on any atom is -0.462 e. The number of rotatable bonds is 34. The Balaban J connectivity index is 2.63. The van der Waals surface area contributed by atoms with Crippen LogP contribution < -0.4 is 0 Å². The number of Topliss-reactive ketones (excluding diaryl/α,β-unsaturated/α-hetero) is 1. The van der Waals surface area contributed by atoms with Gasteiger partial charge in [-0.1, -0.05) is 109 Å². The number of hydrogen-bond acceptors (Lipinski definition) is 13. The van der Waals surface area contributed by atoms with Gasteiger partial charge < -0.3 is 39.5 Å². The molecule has 1 saturated carbocycles. The fraction of sp³-hybridized carbons (Fsp3) is 0.821. The summed E-state index contributed by atoms with van der Waals surface area (Å²) in [7, 11) is -9.77. The van der Waals surface area contributed by atoms with Gasteiger partial charge in [-0.3, -0.25) is 28.0 Å². The van der Waals surface area contributed by atoms with Crippen molar-refractivity contribution in [1.29, 1.82) is 0 Å². The smallest absolute Gasteiger partial charge is 0.462 e. The summed E-state index contributed by atoms with van der Waals surface area (Å²) in [5, 5.41) is 30.4. The Morgan fingerprint density at radius 2 is 1.40 bits per heavy atom. The van der Waals surface area contributed by atoms with Crippen LogP contribution in [0.4, 0.5) is 0 Å². The lowest BCUT2D eigenvalue weighted by Gasteiger charge is -2.20. The zero-order valence-electron chi connectivity index (χ0n) is 34.1. The molecule has 0 amide bonds. The molecule has 0 saturated heterocycles. The molecule has 57 heavy (non-hydrogen) atoms. The molecule has 1 aliphatic rings. The minimum atomic E-state index is -4.90. The monoisotopic (exact) mass is 856 g/mol. The standard InChI is InChI=1S/C39H70O16P2/c1-4-5-13-19-31(40)23-24-35-34(36(42)25-37(35)43)20-15-11-12-17-22-39(45)55-33(29-54-57(49,50)53-27-32(41)26-52-56(46,47)48)28-51-38(44)21-16-10-8-6-7-9-14-18-30(2)3/h11,15,23-24,30-35,37,40-41,43H,4-10,12-14,16-22,25-29H2,1-3H3,(H,49,50)(H2,46,47,48)/b15-11-,24-23+/t31-,32-,33+,34+,35+,37+/m0/s1. The van der Waals surface area contributed by atoms with Crippen LogP contribution in [0, 0.1) is 17.8 Å². The van der Waals surface area contributed by atoms with Crippen LogP contribution in [-0.2, 0) is 46.6 Å². The number of esters is 2. The zero-order chi connectivity index (χ0) is 42.7. The molecule has 0 aromatic carbocycles. The molecule has 0 aromatic rings. The van der Waals surface area contributed by atoms with Gasteiger partial charge in [-0.25, -0.2) is 9.13 Å². The van der Waals surface area contributed by atoms with Crippen LogP contribution in [0.2, 0.25) is 0 Å². The SMILES string of the molecule is CCCCC[C@H](O)/C=C/[C@H]1[C@H](O)CC(=O)[C@@H]1C/C=C\CCCC(=O)O[C@H](COC(=O)CCCCCCCCCC(C)C)COP(=O)(O)OC[C@@H](O)COP(=O)(O)O. The lowest BCUT2D eigenvalue weighted by Crippen LogP contribution is -2.29. The molecule has 0 heterocycles. The first-order chi connectivity index (χ1) is 26.9. The minimum absolute atomic E-state index is 0.0503. The van der Waals surface area contributed by atoms with E-state index in [0.29, 0.717) is 38.0 Å². The van der Waals surface area contributed by atoms with Gasteiger partial charge in [0.1, 0.15) is 18.5 Å². The molecule has 1 rings (SSSR count). The van der Waals surface area contributed by atoms with Gasteiger partial charge in [0.15, 0.2) is 6.10 Å². The van der Waals surface area contributed by atoms with Crippen molar-refractivity contribution in [2.45, 2.75) is 161 Å². The molecule has 6 N–H and O–H groups in total. The van der Waals surface area contributed by atoms with Gasteiger partial charge in [0.25, 0.3) is 0 Å². The van der Waals surface area contributed by atoms with E-state index in [-0.39, 0.29) is 25.0 Å². The molecule has 1 unspecified atom stereocenters. The molecule has 0 aromatic heterocycles. The quantitative estimate of drug-likeness (QED) is 0.0177. The zero-order valence-corrected chi connectivity index (χ0v) is 35.9. The summed E-state index contributed by atoms with van der Waals surface area (Å²) in [5.74, 6) is -1.40. The normalized spacial score (nSPS) is 20.3. The van der Waals surface area contributed by atoms with E-state index in [4.69, 9.17) is 23.8 Å². The maximum atomic E-state index is 12.7. The van der Waals surface area contributed by atoms with E-state index in [0.717, 1.165) is 44.9 Å². The van der Waals surface area contributed by atoms with Crippen molar-refractivity contribution in [1.82, 2.24) is 0 Å². The Labute approximate surface area is 338 Å². The van der Waals surface area contributed by atoms with Crippen LogP contribution in [0.25, 0.3) is 0 Å². The summed E-state index contributed by atoms with van der Waals surface area (Å²) in [6.07, 6.45) is 15.9. The first kappa shape index (κ1) is 53.2. The average molecular weight is 857 g/mol. The summed E-state index contributed by atoms with van der Waals surface area (Å²) in [6.45, 7) is 3.55. The van der Waals surface area contributed by atoms with Crippen molar-refractivity contribution >= 4 is 33.4 Å². The number of ketones is 1. The third-order valence-electron chi connectivity index (χ3n) is 9.38. The van der Waals surface area contributed by atoms with E-state index < -0.39 is 90.3 Å². The Hall–Kier alpha value is -1.81. The summed E-state index contributed by atoms with van der Waals surface area (Å²) < 4.78 is 47.6. The largest absolute Gasteiger partial charge is 0.472 e. The van der Waals surface area contributed by atoms with Crippen molar-refractivity contribution in [3.05, 3.63) is 24.3 Å². The number of ether oxygens (including phenoxy) is 2. The van der Waals surface area contributed by atoms with Crippen LogP contribution in [-0.4, -0.2) is 98.6 Å². The van der Waals surface area contributed by atoms with Gasteiger partial charge >= 0.3 is 27.6 Å². The first-order valence-corrected chi connectivity index (χ1v) is 23.5. The van der Waals surface area contributed by atoms with Crippen molar-refractivity contribution in [3.63, 3.8) is 0 Å². The van der Waals surface area contributed by atoms with Crippen LogP contribution in [0.3, 0.4) is 0 Å². The number of phosphoric ester groups is 2. The van der Waals surface area contributed by atoms with Crippen molar-refractivity contribution in [2.24, 2.45) is 17.8 Å². The Bertz CT molecular complexity index is 1280. The third-order valence-corrected chi connectivity index (χ3v) is 10.8. The maximum absolute atomic E-state index is 12.7. The lowest BCUT2D eigenvalue weighted by atomic mass is 9.90. The molecule has 1 aliphatic carbocycles. The van der Waals surface area contributed by atoms with E-state index in [9.17, 15) is 43.7 Å². The number of aliphatic hydroxyl groups is 3. The van der Waals surface area contributed by atoms with Gasteiger partial charge in [-0.2, -0.15) is 0 Å². The molecule has 0 bridgehead atoms. The third kappa shape index (κ3) is 28.3.